The first kappa shape index (κ1) is 18.3. The number of methoxy groups -OCH3 is 1. The van der Waals surface area contributed by atoms with E-state index in [0.29, 0.717) is 30.2 Å². The number of benzene rings is 1. The molecule has 1 aliphatic rings. The number of amides is 1. The molecule has 1 aliphatic carbocycles. The van der Waals surface area contributed by atoms with Gasteiger partial charge in [-0.2, -0.15) is 0 Å². The van der Waals surface area contributed by atoms with Crippen LogP contribution < -0.4 is 15.7 Å². The van der Waals surface area contributed by atoms with Gasteiger partial charge in [-0.05, 0) is 61.6 Å². The van der Waals surface area contributed by atoms with E-state index in [4.69, 9.17) is 9.15 Å². The van der Waals surface area contributed by atoms with Crippen molar-refractivity contribution in [1.82, 2.24) is 10.3 Å². The number of ether oxygens (including phenoxy) is 1. The summed E-state index contributed by atoms with van der Waals surface area (Å²) in [7, 11) is 1.64. The highest BCUT2D eigenvalue weighted by molar-refractivity contribution is 5.95. The quantitative estimate of drug-likeness (QED) is 0.683. The topological polar surface area (TPSA) is 84.3 Å². The van der Waals surface area contributed by atoms with Crippen molar-refractivity contribution in [3.05, 3.63) is 63.3 Å². The molecule has 2 heterocycles. The van der Waals surface area contributed by atoms with Crippen molar-refractivity contribution in [3.8, 4) is 5.75 Å². The number of aromatic amines is 1. The molecule has 6 nitrogen and oxygen atoms in total. The van der Waals surface area contributed by atoms with Crippen LogP contribution in [0.4, 0.5) is 0 Å². The zero-order valence-corrected chi connectivity index (χ0v) is 16.1. The number of carbonyl (C=O) groups is 1. The number of rotatable bonds is 6. The van der Waals surface area contributed by atoms with Crippen molar-refractivity contribution in [2.75, 3.05) is 13.7 Å². The number of aryl methyl sites for hydroxylation is 1. The van der Waals surface area contributed by atoms with Crippen molar-refractivity contribution < 1.29 is 13.9 Å². The zero-order chi connectivity index (χ0) is 19.7. The molecule has 1 fully saturated rings. The Hall–Kier alpha value is -3.02. The SMILES string of the molecule is COc1ccc2[nH]cc(CCNC(=O)c3c(C)cc(C4CCC4)oc3=O)c2c1. The van der Waals surface area contributed by atoms with E-state index in [0.717, 1.165) is 41.5 Å². The fourth-order valence-corrected chi connectivity index (χ4v) is 3.69. The number of aromatic nitrogens is 1. The lowest BCUT2D eigenvalue weighted by atomic mass is 9.83. The molecule has 3 aromatic rings. The number of hydrogen-bond acceptors (Lipinski definition) is 4. The van der Waals surface area contributed by atoms with Crippen LogP contribution in [0, 0.1) is 6.92 Å². The molecule has 1 amide bonds. The zero-order valence-electron chi connectivity index (χ0n) is 16.1. The summed E-state index contributed by atoms with van der Waals surface area (Å²) in [6, 6.07) is 7.68. The molecule has 0 bridgehead atoms. The molecule has 28 heavy (non-hydrogen) atoms. The van der Waals surface area contributed by atoms with Gasteiger partial charge in [0, 0.05) is 29.6 Å². The third-order valence-electron chi connectivity index (χ3n) is 5.56. The summed E-state index contributed by atoms with van der Waals surface area (Å²) in [6.45, 7) is 2.21. The van der Waals surface area contributed by atoms with E-state index < -0.39 is 5.63 Å². The summed E-state index contributed by atoms with van der Waals surface area (Å²) in [6.07, 6.45) is 5.83. The first-order chi connectivity index (χ1) is 13.6. The van der Waals surface area contributed by atoms with E-state index in [-0.39, 0.29) is 11.5 Å². The average molecular weight is 380 g/mol. The minimum atomic E-state index is -0.545. The second-order valence-electron chi connectivity index (χ2n) is 7.35. The lowest BCUT2D eigenvalue weighted by molar-refractivity contribution is 0.0948. The Morgan fingerprint density at radius 3 is 2.82 bits per heavy atom. The van der Waals surface area contributed by atoms with Gasteiger partial charge in [0.05, 0.1) is 7.11 Å². The molecule has 0 saturated heterocycles. The fraction of sp³-hybridized carbons (Fsp3) is 0.364. The summed E-state index contributed by atoms with van der Waals surface area (Å²) in [5, 5.41) is 3.91. The van der Waals surface area contributed by atoms with Crippen molar-refractivity contribution in [3.63, 3.8) is 0 Å². The van der Waals surface area contributed by atoms with Crippen LogP contribution in [-0.4, -0.2) is 24.5 Å². The summed E-state index contributed by atoms with van der Waals surface area (Å²) >= 11 is 0. The van der Waals surface area contributed by atoms with Crippen LogP contribution >= 0.6 is 0 Å². The highest BCUT2D eigenvalue weighted by Crippen LogP contribution is 2.36. The molecule has 0 spiro atoms. The van der Waals surface area contributed by atoms with Gasteiger partial charge in [-0.15, -0.1) is 0 Å². The van der Waals surface area contributed by atoms with Crippen molar-refractivity contribution in [1.29, 1.82) is 0 Å². The number of hydrogen-bond donors (Lipinski definition) is 2. The first-order valence-corrected chi connectivity index (χ1v) is 9.63. The van der Waals surface area contributed by atoms with Crippen LogP contribution in [0.3, 0.4) is 0 Å². The highest BCUT2D eigenvalue weighted by atomic mass is 16.5. The number of fused-ring (bicyclic) bond motifs is 1. The standard InChI is InChI=1S/C22H24N2O4/c1-13-10-19(14-4-3-5-14)28-22(26)20(13)21(25)23-9-8-15-12-24-18-7-6-16(27-2)11-17(15)18/h6-7,10-12,14,24H,3-5,8-9H2,1-2H3,(H,23,25). The maximum Gasteiger partial charge on any atom is 0.349 e. The summed E-state index contributed by atoms with van der Waals surface area (Å²) in [5.74, 6) is 1.43. The highest BCUT2D eigenvalue weighted by Gasteiger charge is 2.25. The fourth-order valence-electron chi connectivity index (χ4n) is 3.69. The van der Waals surface area contributed by atoms with Gasteiger partial charge in [0.2, 0.25) is 0 Å². The second kappa shape index (κ2) is 7.54. The molecule has 2 N–H and O–H groups in total. The van der Waals surface area contributed by atoms with Crippen LogP contribution in [0.1, 0.15) is 52.4 Å². The number of H-pyrrole nitrogens is 1. The Kier molecular flexibility index (Phi) is 4.94. The van der Waals surface area contributed by atoms with Crippen LogP contribution in [-0.2, 0) is 6.42 Å². The first-order valence-electron chi connectivity index (χ1n) is 9.63. The molecule has 2 aromatic heterocycles. The van der Waals surface area contributed by atoms with Gasteiger partial charge in [0.1, 0.15) is 17.1 Å². The lowest BCUT2D eigenvalue weighted by Crippen LogP contribution is -2.31. The van der Waals surface area contributed by atoms with Crippen LogP contribution in [0.2, 0.25) is 0 Å². The molecule has 146 valence electrons. The van der Waals surface area contributed by atoms with Gasteiger partial charge in [-0.3, -0.25) is 4.79 Å². The molecular formula is C22H24N2O4. The third kappa shape index (κ3) is 3.42. The Bertz CT molecular complexity index is 1080. The molecule has 1 saturated carbocycles. The summed E-state index contributed by atoms with van der Waals surface area (Å²) in [5.41, 5.74) is 2.33. The summed E-state index contributed by atoms with van der Waals surface area (Å²) in [4.78, 5) is 28.1. The van der Waals surface area contributed by atoms with Crippen LogP contribution in [0.5, 0.6) is 5.75 Å². The van der Waals surface area contributed by atoms with E-state index in [1.54, 1.807) is 14.0 Å². The van der Waals surface area contributed by atoms with Gasteiger partial charge in [-0.25, -0.2) is 4.79 Å². The van der Waals surface area contributed by atoms with E-state index in [1.807, 2.05) is 30.5 Å². The lowest BCUT2D eigenvalue weighted by Gasteiger charge is -2.24. The average Bonchev–Trinajstić information content (AvgIpc) is 3.02. The van der Waals surface area contributed by atoms with E-state index in [2.05, 4.69) is 10.3 Å². The third-order valence-corrected chi connectivity index (χ3v) is 5.56. The van der Waals surface area contributed by atoms with Gasteiger partial charge in [-0.1, -0.05) is 6.42 Å². The predicted octanol–water partition coefficient (Wildman–Crippen LogP) is 3.68. The maximum atomic E-state index is 12.5. The smallest absolute Gasteiger partial charge is 0.349 e. The molecule has 4 rings (SSSR count). The monoisotopic (exact) mass is 380 g/mol. The minimum absolute atomic E-state index is 0.101. The van der Waals surface area contributed by atoms with Gasteiger partial charge < -0.3 is 19.5 Å². The molecule has 0 unspecified atom stereocenters. The minimum Gasteiger partial charge on any atom is -0.497 e. The van der Waals surface area contributed by atoms with E-state index in [9.17, 15) is 9.59 Å². The van der Waals surface area contributed by atoms with Gasteiger partial charge in [0.15, 0.2) is 0 Å². The van der Waals surface area contributed by atoms with Crippen LogP contribution in [0.25, 0.3) is 10.9 Å². The predicted molar refractivity (Wildman–Crippen MR) is 107 cm³/mol. The largest absolute Gasteiger partial charge is 0.497 e. The van der Waals surface area contributed by atoms with E-state index >= 15 is 0 Å². The Morgan fingerprint density at radius 2 is 2.14 bits per heavy atom. The molecule has 0 aliphatic heterocycles. The van der Waals surface area contributed by atoms with Crippen molar-refractivity contribution in [2.24, 2.45) is 0 Å². The van der Waals surface area contributed by atoms with E-state index in [1.165, 1.54) is 0 Å². The molecule has 6 heteroatoms. The molecule has 1 aromatic carbocycles. The van der Waals surface area contributed by atoms with Crippen molar-refractivity contribution >= 4 is 16.8 Å². The van der Waals surface area contributed by atoms with Gasteiger partial charge >= 0.3 is 5.63 Å². The molecule has 0 atom stereocenters. The molecular weight excluding hydrogens is 356 g/mol. The Morgan fingerprint density at radius 1 is 1.32 bits per heavy atom. The normalized spacial score (nSPS) is 14.1. The number of carbonyl (C=O) groups excluding carboxylic acids is 1. The second-order valence-corrected chi connectivity index (χ2v) is 7.35. The summed E-state index contributed by atoms with van der Waals surface area (Å²) < 4.78 is 10.7. The Balaban J connectivity index is 1.44. The van der Waals surface area contributed by atoms with Crippen molar-refractivity contribution in [2.45, 2.75) is 38.5 Å². The Labute approximate surface area is 162 Å². The molecule has 0 radical (unpaired) electrons. The maximum absolute atomic E-state index is 12.5. The van der Waals surface area contributed by atoms with Crippen LogP contribution in [0.15, 0.2) is 39.7 Å². The van der Waals surface area contributed by atoms with Gasteiger partial charge in [0.25, 0.3) is 5.91 Å². The number of nitrogens with one attached hydrogen (secondary N) is 2.